The number of nitrogens with one attached hydrogen (secondary N) is 2. The number of benzene rings is 1. The molecule has 1 amide bonds. The molecule has 0 bridgehead atoms. The van der Waals surface area contributed by atoms with Crippen molar-refractivity contribution in [2.75, 3.05) is 0 Å². The molecule has 6 nitrogen and oxygen atoms in total. The van der Waals surface area contributed by atoms with E-state index >= 15 is 0 Å². The van der Waals surface area contributed by atoms with Crippen LogP contribution >= 0.6 is 23.2 Å². The monoisotopic (exact) mass is 359 g/mol. The Labute approximate surface area is 147 Å². The summed E-state index contributed by atoms with van der Waals surface area (Å²) < 4.78 is 0. The van der Waals surface area contributed by atoms with Crippen molar-refractivity contribution >= 4 is 35.3 Å². The standard InChI is InChI=1S/C16H11Cl2N5O/c17-12-2-1-11(7-13(12)18)14-8-15(22-21-14)16(24)23-20-9-10-3-5-19-6-4-10/h1-9H,(H,21,22)(H,23,24)/b20-9-. The predicted molar refractivity (Wildman–Crippen MR) is 93.3 cm³/mol. The average molecular weight is 360 g/mol. The molecule has 1 aromatic carbocycles. The van der Waals surface area contributed by atoms with Gasteiger partial charge in [-0.1, -0.05) is 29.3 Å². The van der Waals surface area contributed by atoms with Gasteiger partial charge in [-0.05, 0) is 35.9 Å². The largest absolute Gasteiger partial charge is 0.289 e. The third kappa shape index (κ3) is 3.79. The van der Waals surface area contributed by atoms with Crippen LogP contribution in [0.4, 0.5) is 0 Å². The maximum absolute atomic E-state index is 12.0. The number of hydrogen-bond donors (Lipinski definition) is 2. The SMILES string of the molecule is O=C(N/N=C\c1ccncc1)c1cc(-c2ccc(Cl)c(Cl)c2)n[nH]1. The Balaban J connectivity index is 1.69. The van der Waals surface area contributed by atoms with Gasteiger partial charge in [0, 0.05) is 18.0 Å². The van der Waals surface area contributed by atoms with Gasteiger partial charge in [-0.2, -0.15) is 10.2 Å². The van der Waals surface area contributed by atoms with E-state index in [0.717, 1.165) is 11.1 Å². The van der Waals surface area contributed by atoms with Crippen molar-refractivity contribution in [1.29, 1.82) is 0 Å². The van der Waals surface area contributed by atoms with E-state index < -0.39 is 5.91 Å². The second kappa shape index (κ2) is 7.25. The summed E-state index contributed by atoms with van der Waals surface area (Å²) in [6.07, 6.45) is 4.80. The van der Waals surface area contributed by atoms with Crippen molar-refractivity contribution in [3.05, 3.63) is 70.1 Å². The number of aromatic nitrogens is 3. The zero-order valence-corrected chi connectivity index (χ0v) is 13.7. The maximum Gasteiger partial charge on any atom is 0.289 e. The van der Waals surface area contributed by atoms with Crippen molar-refractivity contribution in [3.63, 3.8) is 0 Å². The highest BCUT2D eigenvalue weighted by atomic mass is 35.5. The number of rotatable bonds is 4. The molecular formula is C16H11Cl2N5O. The van der Waals surface area contributed by atoms with Crippen molar-refractivity contribution < 1.29 is 4.79 Å². The zero-order chi connectivity index (χ0) is 16.9. The van der Waals surface area contributed by atoms with Gasteiger partial charge in [0.05, 0.1) is 22.0 Å². The number of hydrogen-bond acceptors (Lipinski definition) is 4. The zero-order valence-electron chi connectivity index (χ0n) is 12.2. The Bertz CT molecular complexity index is 892. The van der Waals surface area contributed by atoms with Crippen LogP contribution in [0, 0.1) is 0 Å². The maximum atomic E-state index is 12.0. The van der Waals surface area contributed by atoms with E-state index in [9.17, 15) is 4.79 Å². The highest BCUT2D eigenvalue weighted by Crippen LogP contribution is 2.27. The van der Waals surface area contributed by atoms with Crippen molar-refractivity contribution in [1.82, 2.24) is 20.6 Å². The van der Waals surface area contributed by atoms with E-state index in [4.69, 9.17) is 23.2 Å². The van der Waals surface area contributed by atoms with Gasteiger partial charge in [0.1, 0.15) is 5.69 Å². The summed E-state index contributed by atoms with van der Waals surface area (Å²) in [5, 5.41) is 11.5. The summed E-state index contributed by atoms with van der Waals surface area (Å²) in [5.74, 6) is -0.404. The summed E-state index contributed by atoms with van der Waals surface area (Å²) in [6.45, 7) is 0. The van der Waals surface area contributed by atoms with Crippen LogP contribution in [0.15, 0.2) is 53.9 Å². The number of carbonyl (C=O) groups is 1. The Kier molecular flexibility index (Phi) is 4.88. The molecular weight excluding hydrogens is 349 g/mol. The average Bonchev–Trinajstić information content (AvgIpc) is 3.08. The third-order valence-corrected chi connectivity index (χ3v) is 3.86. The van der Waals surface area contributed by atoms with Crippen molar-refractivity contribution in [2.45, 2.75) is 0 Å². The Hall–Kier alpha value is -2.70. The van der Waals surface area contributed by atoms with Crippen LogP contribution in [-0.4, -0.2) is 27.3 Å². The number of halogens is 2. The quantitative estimate of drug-likeness (QED) is 0.551. The molecule has 0 saturated carbocycles. The first-order chi connectivity index (χ1) is 11.6. The predicted octanol–water partition coefficient (Wildman–Crippen LogP) is 3.54. The highest BCUT2D eigenvalue weighted by Gasteiger charge is 2.11. The van der Waals surface area contributed by atoms with Crippen LogP contribution in [0.2, 0.25) is 10.0 Å². The van der Waals surface area contributed by atoms with Crippen LogP contribution in [0.3, 0.4) is 0 Å². The van der Waals surface area contributed by atoms with Crippen molar-refractivity contribution in [3.8, 4) is 11.3 Å². The molecule has 0 spiro atoms. The molecule has 8 heteroatoms. The molecule has 2 heterocycles. The fraction of sp³-hybridized carbons (Fsp3) is 0. The number of pyridine rings is 1. The lowest BCUT2D eigenvalue weighted by atomic mass is 10.1. The second-order valence-corrected chi connectivity index (χ2v) is 5.59. The van der Waals surface area contributed by atoms with Gasteiger partial charge in [-0.3, -0.25) is 14.9 Å². The summed E-state index contributed by atoms with van der Waals surface area (Å²) in [6, 6.07) is 10.3. The first-order valence-corrected chi connectivity index (χ1v) is 7.63. The Morgan fingerprint density at radius 3 is 2.67 bits per heavy atom. The third-order valence-electron chi connectivity index (χ3n) is 3.12. The molecule has 0 aliphatic carbocycles. The number of amides is 1. The molecule has 3 aromatic rings. The van der Waals surface area contributed by atoms with Gasteiger partial charge in [-0.15, -0.1) is 0 Å². The summed E-state index contributed by atoms with van der Waals surface area (Å²) in [7, 11) is 0. The molecule has 0 fully saturated rings. The lowest BCUT2D eigenvalue weighted by Gasteiger charge is -1.98. The Morgan fingerprint density at radius 1 is 1.12 bits per heavy atom. The van der Waals surface area contributed by atoms with Gasteiger partial charge in [0.25, 0.3) is 5.91 Å². The summed E-state index contributed by atoms with van der Waals surface area (Å²) >= 11 is 11.9. The van der Waals surface area contributed by atoms with Crippen LogP contribution in [0.1, 0.15) is 16.1 Å². The van der Waals surface area contributed by atoms with Gasteiger partial charge in [0.15, 0.2) is 0 Å². The smallest absolute Gasteiger partial charge is 0.272 e. The Morgan fingerprint density at radius 2 is 1.92 bits per heavy atom. The number of hydrazone groups is 1. The molecule has 0 aliphatic rings. The first kappa shape index (κ1) is 16.2. The van der Waals surface area contributed by atoms with Crippen molar-refractivity contribution in [2.24, 2.45) is 5.10 Å². The van der Waals surface area contributed by atoms with E-state index in [0.29, 0.717) is 15.7 Å². The molecule has 0 unspecified atom stereocenters. The minimum atomic E-state index is -0.404. The molecule has 0 saturated heterocycles. The minimum Gasteiger partial charge on any atom is -0.272 e. The lowest BCUT2D eigenvalue weighted by Crippen LogP contribution is -2.17. The summed E-state index contributed by atoms with van der Waals surface area (Å²) in [5.41, 5.74) is 4.86. The van der Waals surface area contributed by atoms with E-state index in [1.54, 1.807) is 48.8 Å². The van der Waals surface area contributed by atoms with E-state index in [2.05, 4.69) is 25.7 Å². The molecule has 0 atom stereocenters. The van der Waals surface area contributed by atoms with Gasteiger partial charge >= 0.3 is 0 Å². The van der Waals surface area contributed by atoms with E-state index in [1.165, 1.54) is 6.21 Å². The van der Waals surface area contributed by atoms with Crippen LogP contribution in [0.5, 0.6) is 0 Å². The molecule has 3 rings (SSSR count). The van der Waals surface area contributed by atoms with E-state index in [1.807, 2.05) is 0 Å². The van der Waals surface area contributed by atoms with Crippen LogP contribution < -0.4 is 5.43 Å². The molecule has 0 radical (unpaired) electrons. The first-order valence-electron chi connectivity index (χ1n) is 6.88. The van der Waals surface area contributed by atoms with Crippen LogP contribution in [-0.2, 0) is 0 Å². The molecule has 0 aliphatic heterocycles. The fourth-order valence-corrected chi connectivity index (χ4v) is 2.21. The summed E-state index contributed by atoms with van der Waals surface area (Å²) in [4.78, 5) is 15.9. The number of H-pyrrole nitrogens is 1. The number of carbonyl (C=O) groups excluding carboxylic acids is 1. The normalized spacial score (nSPS) is 10.9. The number of aromatic amines is 1. The highest BCUT2D eigenvalue weighted by molar-refractivity contribution is 6.42. The minimum absolute atomic E-state index is 0.281. The molecule has 2 N–H and O–H groups in total. The van der Waals surface area contributed by atoms with Gasteiger partial charge in [-0.25, -0.2) is 5.43 Å². The van der Waals surface area contributed by atoms with E-state index in [-0.39, 0.29) is 5.69 Å². The number of nitrogens with zero attached hydrogens (tertiary/aromatic N) is 3. The second-order valence-electron chi connectivity index (χ2n) is 4.78. The van der Waals surface area contributed by atoms with Gasteiger partial charge in [0.2, 0.25) is 0 Å². The fourth-order valence-electron chi connectivity index (χ4n) is 1.92. The molecule has 2 aromatic heterocycles. The molecule has 24 heavy (non-hydrogen) atoms. The lowest BCUT2D eigenvalue weighted by molar-refractivity contribution is 0.0950. The van der Waals surface area contributed by atoms with Crippen LogP contribution in [0.25, 0.3) is 11.3 Å². The topological polar surface area (TPSA) is 83.0 Å². The van der Waals surface area contributed by atoms with Gasteiger partial charge < -0.3 is 0 Å². The molecule has 120 valence electrons.